The number of aromatic hydroxyl groups is 1. The van der Waals surface area contributed by atoms with E-state index in [0.29, 0.717) is 19.4 Å². The normalized spacial score (nSPS) is 11.6. The van der Waals surface area contributed by atoms with E-state index in [1.54, 1.807) is 6.07 Å². The molecular weight excluding hydrogens is 372 g/mol. The number of carbonyl (C=O) groups excluding carboxylic acids is 1. The van der Waals surface area contributed by atoms with E-state index in [2.05, 4.69) is 27.7 Å². The molecule has 0 unspecified atom stereocenters. The van der Waals surface area contributed by atoms with Crippen LogP contribution in [0.5, 0.6) is 5.75 Å². The van der Waals surface area contributed by atoms with E-state index in [1.165, 1.54) is 64.2 Å². The van der Waals surface area contributed by atoms with E-state index in [4.69, 9.17) is 4.74 Å². The lowest BCUT2D eigenvalue weighted by Crippen LogP contribution is -2.15. The molecule has 0 fully saturated rings. The Balaban J connectivity index is 2.06. The van der Waals surface area contributed by atoms with Gasteiger partial charge in [-0.1, -0.05) is 104 Å². The molecule has 1 N–H and O–H groups in total. The van der Waals surface area contributed by atoms with Crippen LogP contribution in [0.15, 0.2) is 18.2 Å². The van der Waals surface area contributed by atoms with Gasteiger partial charge in [0, 0.05) is 6.42 Å². The molecule has 0 aliphatic carbocycles. The second kappa shape index (κ2) is 15.3. The van der Waals surface area contributed by atoms with Gasteiger partial charge in [-0.25, -0.2) is 0 Å². The van der Waals surface area contributed by atoms with Crippen molar-refractivity contribution in [2.75, 3.05) is 6.61 Å². The van der Waals surface area contributed by atoms with Crippen molar-refractivity contribution in [3.8, 4) is 5.75 Å². The molecule has 1 aromatic carbocycles. The number of ether oxygens (including phenoxy) is 1. The number of esters is 1. The van der Waals surface area contributed by atoms with E-state index in [0.717, 1.165) is 24.0 Å². The number of hydrogen-bond donors (Lipinski definition) is 1. The van der Waals surface area contributed by atoms with Crippen LogP contribution < -0.4 is 0 Å². The van der Waals surface area contributed by atoms with Gasteiger partial charge in [-0.3, -0.25) is 4.79 Å². The van der Waals surface area contributed by atoms with Crippen molar-refractivity contribution in [1.82, 2.24) is 0 Å². The summed E-state index contributed by atoms with van der Waals surface area (Å²) in [6.07, 6.45) is 16.7. The first-order valence-electron chi connectivity index (χ1n) is 12.3. The molecule has 0 atom stereocenters. The molecule has 1 rings (SSSR count). The van der Waals surface area contributed by atoms with E-state index < -0.39 is 0 Å². The Labute approximate surface area is 185 Å². The number of phenolic OH excluding ortho intramolecular Hbond substituents is 1. The van der Waals surface area contributed by atoms with Crippen LogP contribution in [0.2, 0.25) is 0 Å². The van der Waals surface area contributed by atoms with Gasteiger partial charge in [0.05, 0.1) is 6.61 Å². The molecule has 0 heterocycles. The van der Waals surface area contributed by atoms with Crippen LogP contribution in [0, 0.1) is 0 Å². The molecule has 0 aliphatic heterocycles. The molecule has 1 aromatic rings. The minimum absolute atomic E-state index is 0.0625. The molecule has 0 saturated heterocycles. The van der Waals surface area contributed by atoms with Crippen molar-refractivity contribution < 1.29 is 14.6 Å². The van der Waals surface area contributed by atoms with E-state index in [1.807, 2.05) is 12.1 Å². The third kappa shape index (κ3) is 12.2. The maximum absolute atomic E-state index is 12.1. The highest BCUT2D eigenvalue weighted by Gasteiger charge is 2.19. The van der Waals surface area contributed by atoms with Crippen LogP contribution in [0.1, 0.15) is 122 Å². The molecular formula is C27H46O3. The summed E-state index contributed by atoms with van der Waals surface area (Å²) in [4.78, 5) is 12.1. The summed E-state index contributed by atoms with van der Waals surface area (Å²) in [6.45, 7) is 9.17. The van der Waals surface area contributed by atoms with Gasteiger partial charge in [-0.05, 0) is 41.5 Å². The monoisotopic (exact) mass is 418 g/mol. The van der Waals surface area contributed by atoms with E-state index in [-0.39, 0.29) is 17.1 Å². The minimum atomic E-state index is -0.119. The smallest absolute Gasteiger partial charge is 0.306 e. The molecule has 0 aromatic heterocycles. The van der Waals surface area contributed by atoms with Gasteiger partial charge >= 0.3 is 5.97 Å². The van der Waals surface area contributed by atoms with Crippen molar-refractivity contribution in [3.63, 3.8) is 0 Å². The molecule has 3 nitrogen and oxygen atoms in total. The van der Waals surface area contributed by atoms with Crippen molar-refractivity contribution in [1.29, 1.82) is 0 Å². The lowest BCUT2D eigenvalue weighted by atomic mass is 9.82. The Kier molecular flexibility index (Phi) is 13.5. The molecule has 172 valence electrons. The van der Waals surface area contributed by atoms with Crippen molar-refractivity contribution in [3.05, 3.63) is 29.3 Å². The predicted molar refractivity (Wildman–Crippen MR) is 127 cm³/mol. The summed E-state index contributed by atoms with van der Waals surface area (Å²) >= 11 is 0. The number of hydrogen-bond acceptors (Lipinski definition) is 3. The van der Waals surface area contributed by atoms with E-state index >= 15 is 0 Å². The van der Waals surface area contributed by atoms with Gasteiger partial charge in [-0.15, -0.1) is 0 Å². The molecule has 0 radical (unpaired) electrons. The van der Waals surface area contributed by atoms with Crippen molar-refractivity contribution in [2.24, 2.45) is 0 Å². The topological polar surface area (TPSA) is 46.5 Å². The Morgan fingerprint density at radius 2 is 1.40 bits per heavy atom. The van der Waals surface area contributed by atoms with Crippen LogP contribution in [-0.2, 0) is 21.4 Å². The maximum Gasteiger partial charge on any atom is 0.306 e. The second-order valence-electron chi connectivity index (χ2n) is 9.70. The molecule has 0 saturated carbocycles. The fraction of sp³-hybridized carbons (Fsp3) is 0.741. The van der Waals surface area contributed by atoms with Crippen molar-refractivity contribution >= 4 is 5.97 Å². The number of aryl methyl sites for hydroxylation is 1. The van der Waals surface area contributed by atoms with Gasteiger partial charge in [0.15, 0.2) is 0 Å². The zero-order valence-corrected chi connectivity index (χ0v) is 20.1. The quantitative estimate of drug-likeness (QED) is 0.219. The lowest BCUT2D eigenvalue weighted by molar-refractivity contribution is -0.143. The molecule has 0 amide bonds. The highest BCUT2D eigenvalue weighted by Crippen LogP contribution is 2.29. The van der Waals surface area contributed by atoms with Crippen molar-refractivity contribution in [2.45, 2.75) is 123 Å². The van der Waals surface area contributed by atoms with Crippen LogP contribution in [0.25, 0.3) is 0 Å². The Bertz CT molecular complexity index is 586. The fourth-order valence-corrected chi connectivity index (χ4v) is 3.92. The summed E-state index contributed by atoms with van der Waals surface area (Å²) in [5.74, 6) is 0.157. The molecule has 3 heteroatoms. The summed E-state index contributed by atoms with van der Waals surface area (Å²) in [5.41, 5.74) is 2.14. The minimum Gasteiger partial charge on any atom is -0.508 e. The number of phenols is 1. The third-order valence-electron chi connectivity index (χ3n) is 5.76. The molecule has 30 heavy (non-hydrogen) atoms. The first-order valence-corrected chi connectivity index (χ1v) is 12.3. The Hall–Kier alpha value is -1.51. The van der Waals surface area contributed by atoms with Crippen LogP contribution >= 0.6 is 0 Å². The second-order valence-corrected chi connectivity index (χ2v) is 9.70. The first-order chi connectivity index (χ1) is 14.3. The summed E-state index contributed by atoms with van der Waals surface area (Å²) < 4.78 is 5.42. The van der Waals surface area contributed by atoms with Crippen LogP contribution in [0.4, 0.5) is 0 Å². The zero-order valence-electron chi connectivity index (χ0n) is 20.1. The zero-order chi connectivity index (χ0) is 22.2. The largest absolute Gasteiger partial charge is 0.508 e. The highest BCUT2D eigenvalue weighted by atomic mass is 16.5. The van der Waals surface area contributed by atoms with Crippen LogP contribution in [0.3, 0.4) is 0 Å². The van der Waals surface area contributed by atoms with Gasteiger partial charge in [0.25, 0.3) is 0 Å². The Morgan fingerprint density at radius 1 is 0.867 bits per heavy atom. The van der Waals surface area contributed by atoms with Gasteiger partial charge in [0.2, 0.25) is 0 Å². The lowest BCUT2D eigenvalue weighted by Gasteiger charge is -2.23. The van der Waals surface area contributed by atoms with Gasteiger partial charge in [0.1, 0.15) is 5.75 Å². The molecule has 0 bridgehead atoms. The maximum atomic E-state index is 12.1. The third-order valence-corrected chi connectivity index (χ3v) is 5.76. The number of rotatable bonds is 16. The number of benzene rings is 1. The van der Waals surface area contributed by atoms with Gasteiger partial charge < -0.3 is 9.84 Å². The predicted octanol–water partition coefficient (Wildman–Crippen LogP) is 7.87. The summed E-state index contributed by atoms with van der Waals surface area (Å²) in [5, 5.41) is 9.77. The first kappa shape index (κ1) is 26.5. The van der Waals surface area contributed by atoms with Gasteiger partial charge in [-0.2, -0.15) is 0 Å². The molecule has 0 spiro atoms. The fourth-order valence-electron chi connectivity index (χ4n) is 3.92. The summed E-state index contributed by atoms with van der Waals surface area (Å²) in [6, 6.07) is 5.43. The van der Waals surface area contributed by atoms with E-state index in [9.17, 15) is 9.90 Å². The summed E-state index contributed by atoms with van der Waals surface area (Å²) in [7, 11) is 0. The Morgan fingerprint density at radius 3 is 1.93 bits per heavy atom. The SMILES string of the molecule is CCCCCCCCCCCCCCOC(=O)CCc1ccc(O)cc1C(C)(C)C. The number of carbonyl (C=O) groups is 1. The molecule has 0 aliphatic rings. The highest BCUT2D eigenvalue weighted by molar-refractivity contribution is 5.69. The van der Waals surface area contributed by atoms with Crippen LogP contribution in [-0.4, -0.2) is 17.7 Å². The average Bonchev–Trinajstić information content (AvgIpc) is 2.69. The standard InChI is InChI=1S/C27H46O3/c1-5-6-7-8-9-10-11-12-13-14-15-16-21-30-26(29)20-18-23-17-19-24(28)22-25(23)27(2,3)4/h17,19,22,28H,5-16,18,20-21H2,1-4H3. The number of unbranched alkanes of at least 4 members (excludes halogenated alkanes) is 11. The average molecular weight is 419 g/mol.